The highest BCUT2D eigenvalue weighted by molar-refractivity contribution is 9.10. The minimum Gasteiger partial charge on any atom is -0.490 e. The van der Waals surface area contributed by atoms with Crippen molar-refractivity contribution in [3.05, 3.63) is 97.0 Å². The maximum absolute atomic E-state index is 12.6. The van der Waals surface area contributed by atoms with E-state index in [1.165, 1.54) is 30.3 Å². The summed E-state index contributed by atoms with van der Waals surface area (Å²) in [6.07, 6.45) is 1.39. The molecule has 0 aliphatic heterocycles. The predicted molar refractivity (Wildman–Crippen MR) is 136 cm³/mol. The van der Waals surface area contributed by atoms with E-state index in [1.807, 2.05) is 31.2 Å². The fourth-order valence-electron chi connectivity index (χ4n) is 3.05. The lowest BCUT2D eigenvalue weighted by molar-refractivity contribution is -0.384. The number of amides is 1. The number of nitro benzene ring substituents is 1. The van der Waals surface area contributed by atoms with Crippen molar-refractivity contribution in [3.63, 3.8) is 0 Å². The Morgan fingerprint density at radius 1 is 1.20 bits per heavy atom. The third-order valence-electron chi connectivity index (χ3n) is 4.65. The predicted octanol–water partition coefficient (Wildman–Crippen LogP) is 6.53. The number of carbonyl (C=O) groups excluding carboxylic acids is 1. The molecule has 0 radical (unpaired) electrons. The Bertz CT molecular complexity index is 1340. The van der Waals surface area contributed by atoms with Crippen LogP contribution in [-0.2, 0) is 11.4 Å². The molecule has 3 aromatic carbocycles. The topological polar surface area (TPSA) is 114 Å². The van der Waals surface area contributed by atoms with Crippen LogP contribution in [-0.4, -0.2) is 17.4 Å². The highest BCUT2D eigenvalue weighted by atomic mass is 79.9. The second-order valence-electron chi connectivity index (χ2n) is 7.07. The third kappa shape index (κ3) is 6.82. The number of nitrogens with zero attached hydrogens (tertiary/aromatic N) is 2. The molecule has 0 aliphatic rings. The van der Waals surface area contributed by atoms with Crippen LogP contribution in [0.2, 0.25) is 5.02 Å². The Morgan fingerprint density at radius 3 is 2.66 bits per heavy atom. The fourth-order valence-corrected chi connectivity index (χ4v) is 3.82. The third-order valence-corrected chi connectivity index (χ3v) is 5.61. The summed E-state index contributed by atoms with van der Waals surface area (Å²) in [5, 5.41) is 23.6. The van der Waals surface area contributed by atoms with Gasteiger partial charge in [0.15, 0.2) is 11.5 Å². The van der Waals surface area contributed by atoms with Crippen molar-refractivity contribution in [2.45, 2.75) is 13.5 Å². The van der Waals surface area contributed by atoms with E-state index < -0.39 is 10.8 Å². The van der Waals surface area contributed by atoms with E-state index in [0.29, 0.717) is 33.2 Å². The van der Waals surface area contributed by atoms with E-state index in [9.17, 15) is 20.2 Å². The molecule has 0 spiro atoms. The zero-order valence-corrected chi connectivity index (χ0v) is 20.8. The van der Waals surface area contributed by atoms with Gasteiger partial charge in [-0.2, -0.15) is 5.26 Å². The number of nitrogens with one attached hydrogen (secondary N) is 1. The van der Waals surface area contributed by atoms with Gasteiger partial charge in [0.05, 0.1) is 16.0 Å². The van der Waals surface area contributed by atoms with Crippen LogP contribution >= 0.6 is 27.5 Å². The van der Waals surface area contributed by atoms with Gasteiger partial charge in [0.1, 0.15) is 18.2 Å². The molecule has 0 heterocycles. The quantitative estimate of drug-likeness (QED) is 0.139. The van der Waals surface area contributed by atoms with Crippen LogP contribution in [0.15, 0.2) is 70.7 Å². The molecule has 3 aromatic rings. The molecule has 10 heteroatoms. The summed E-state index contributed by atoms with van der Waals surface area (Å²) in [6.45, 7) is 2.39. The number of anilines is 1. The molecule has 0 aliphatic carbocycles. The van der Waals surface area contributed by atoms with Crippen molar-refractivity contribution < 1.29 is 19.2 Å². The molecule has 0 bridgehead atoms. The molecule has 0 atom stereocenters. The zero-order valence-electron chi connectivity index (χ0n) is 18.5. The molecular weight excluding hydrogens is 538 g/mol. The number of rotatable bonds is 9. The smallest absolute Gasteiger partial charge is 0.271 e. The van der Waals surface area contributed by atoms with Gasteiger partial charge in [-0.15, -0.1) is 0 Å². The number of benzene rings is 3. The largest absolute Gasteiger partial charge is 0.490 e. The number of hydrogen-bond donors (Lipinski definition) is 1. The molecule has 0 aromatic heterocycles. The molecule has 178 valence electrons. The first kappa shape index (κ1) is 25.7. The van der Waals surface area contributed by atoms with Crippen molar-refractivity contribution >= 4 is 50.9 Å². The zero-order chi connectivity index (χ0) is 25.4. The SMILES string of the molecule is CCOc1cc(/C=C(/C#N)C(=O)Nc2cccc([N+](=O)[O-])c2)cc(Br)c1OCc1ccccc1Cl. The summed E-state index contributed by atoms with van der Waals surface area (Å²) in [4.78, 5) is 23.0. The summed E-state index contributed by atoms with van der Waals surface area (Å²) >= 11 is 9.68. The Balaban J connectivity index is 1.85. The molecule has 0 saturated heterocycles. The highest BCUT2D eigenvalue weighted by Crippen LogP contribution is 2.38. The molecule has 0 saturated carbocycles. The maximum Gasteiger partial charge on any atom is 0.271 e. The van der Waals surface area contributed by atoms with Crippen LogP contribution in [0.5, 0.6) is 11.5 Å². The van der Waals surface area contributed by atoms with Crippen LogP contribution in [0.25, 0.3) is 6.08 Å². The number of hydrogen-bond acceptors (Lipinski definition) is 6. The van der Waals surface area contributed by atoms with Gasteiger partial charge in [-0.1, -0.05) is 35.9 Å². The summed E-state index contributed by atoms with van der Waals surface area (Å²) in [7, 11) is 0. The van der Waals surface area contributed by atoms with Crippen LogP contribution in [0.1, 0.15) is 18.1 Å². The van der Waals surface area contributed by atoms with Crippen LogP contribution < -0.4 is 14.8 Å². The summed E-state index contributed by atoms with van der Waals surface area (Å²) in [6, 6.07) is 18.0. The average molecular weight is 557 g/mol. The van der Waals surface area contributed by atoms with Crippen molar-refractivity contribution in [2.75, 3.05) is 11.9 Å². The first-order valence-corrected chi connectivity index (χ1v) is 11.5. The Labute approximate surface area is 215 Å². The van der Waals surface area contributed by atoms with Gasteiger partial charge in [-0.05, 0) is 58.8 Å². The van der Waals surface area contributed by atoms with E-state index in [2.05, 4.69) is 21.2 Å². The van der Waals surface area contributed by atoms with Gasteiger partial charge in [0, 0.05) is 28.4 Å². The lowest BCUT2D eigenvalue weighted by Crippen LogP contribution is -2.13. The number of ether oxygens (including phenoxy) is 2. The van der Waals surface area contributed by atoms with Crippen molar-refractivity contribution in [2.24, 2.45) is 0 Å². The standard InChI is InChI=1S/C25H19BrClN3O5/c1-2-34-23-12-16(11-21(26)24(23)35-15-17-6-3-4-9-22(17)27)10-18(14-28)25(31)29-19-7-5-8-20(13-19)30(32)33/h3-13H,2,15H2,1H3,(H,29,31)/b18-10-. The number of nitriles is 1. The molecule has 8 nitrogen and oxygen atoms in total. The highest BCUT2D eigenvalue weighted by Gasteiger charge is 2.16. The summed E-state index contributed by atoms with van der Waals surface area (Å²) in [5.41, 5.74) is 1.14. The van der Waals surface area contributed by atoms with Crippen molar-refractivity contribution in [3.8, 4) is 17.6 Å². The first-order chi connectivity index (χ1) is 16.8. The number of non-ortho nitro benzene ring substituents is 1. The van der Waals surface area contributed by atoms with E-state index in [-0.39, 0.29) is 23.6 Å². The second kappa shape index (κ2) is 12.0. The monoisotopic (exact) mass is 555 g/mol. The van der Waals surface area contributed by atoms with E-state index >= 15 is 0 Å². The second-order valence-corrected chi connectivity index (χ2v) is 8.34. The van der Waals surface area contributed by atoms with Gasteiger partial charge >= 0.3 is 0 Å². The number of carbonyl (C=O) groups is 1. The van der Waals surface area contributed by atoms with Gasteiger partial charge < -0.3 is 14.8 Å². The normalized spacial score (nSPS) is 10.9. The molecule has 1 N–H and O–H groups in total. The molecule has 3 rings (SSSR count). The Hall–Kier alpha value is -3.87. The van der Waals surface area contributed by atoms with E-state index in [0.717, 1.165) is 5.56 Å². The minimum absolute atomic E-state index is 0.178. The Morgan fingerprint density at radius 2 is 1.97 bits per heavy atom. The van der Waals surface area contributed by atoms with Crippen LogP contribution in [0.4, 0.5) is 11.4 Å². The van der Waals surface area contributed by atoms with Gasteiger partial charge in [0.2, 0.25) is 0 Å². The molecule has 1 amide bonds. The first-order valence-electron chi connectivity index (χ1n) is 10.3. The average Bonchev–Trinajstić information content (AvgIpc) is 2.83. The lowest BCUT2D eigenvalue weighted by Gasteiger charge is -2.15. The van der Waals surface area contributed by atoms with Gasteiger partial charge in [-0.25, -0.2) is 0 Å². The van der Waals surface area contributed by atoms with Crippen LogP contribution in [0, 0.1) is 21.4 Å². The van der Waals surface area contributed by atoms with E-state index in [4.69, 9.17) is 21.1 Å². The summed E-state index contributed by atoms with van der Waals surface area (Å²) < 4.78 is 12.2. The summed E-state index contributed by atoms with van der Waals surface area (Å²) in [5.74, 6) is 0.154. The molecule has 35 heavy (non-hydrogen) atoms. The van der Waals surface area contributed by atoms with Gasteiger partial charge in [0.25, 0.3) is 11.6 Å². The van der Waals surface area contributed by atoms with Crippen LogP contribution in [0.3, 0.4) is 0 Å². The molecule has 0 unspecified atom stereocenters. The Kier molecular flexibility index (Phi) is 8.84. The molecule has 0 fully saturated rings. The maximum atomic E-state index is 12.6. The van der Waals surface area contributed by atoms with Gasteiger partial charge in [-0.3, -0.25) is 14.9 Å². The van der Waals surface area contributed by atoms with Crippen molar-refractivity contribution in [1.82, 2.24) is 0 Å². The minimum atomic E-state index is -0.707. The molecular formula is C25H19BrClN3O5. The number of nitro groups is 1. The van der Waals surface area contributed by atoms with Crippen molar-refractivity contribution in [1.29, 1.82) is 5.26 Å². The fraction of sp³-hybridized carbons (Fsp3) is 0.120. The van der Waals surface area contributed by atoms with E-state index in [1.54, 1.807) is 18.2 Å². The lowest BCUT2D eigenvalue weighted by atomic mass is 10.1. The number of halogens is 2.